The third-order valence-electron chi connectivity index (χ3n) is 4.22. The highest BCUT2D eigenvalue weighted by molar-refractivity contribution is 7.89. The Morgan fingerprint density at radius 2 is 1.74 bits per heavy atom. The molecule has 1 aliphatic heterocycles. The van der Waals surface area contributed by atoms with Crippen LogP contribution in [0.3, 0.4) is 0 Å². The highest BCUT2D eigenvalue weighted by atomic mass is 32.2. The van der Waals surface area contributed by atoms with Gasteiger partial charge in [0, 0.05) is 30.4 Å². The summed E-state index contributed by atoms with van der Waals surface area (Å²) in [6.45, 7) is 0.960. The van der Waals surface area contributed by atoms with Crippen LogP contribution in [0, 0.1) is 15.9 Å². The van der Waals surface area contributed by atoms with Gasteiger partial charge in [0.15, 0.2) is 0 Å². The van der Waals surface area contributed by atoms with Gasteiger partial charge in [-0.1, -0.05) is 0 Å². The SMILES string of the molecule is O=C(Nc1ccc(F)c([N+](=O)[O-])c1)c1ccc(S(=O)(=O)N2CCCC2)cc1. The minimum Gasteiger partial charge on any atom is -0.322 e. The number of rotatable bonds is 5. The molecular weight excluding hydrogens is 377 g/mol. The lowest BCUT2D eigenvalue weighted by molar-refractivity contribution is -0.387. The summed E-state index contributed by atoms with van der Waals surface area (Å²) in [4.78, 5) is 22.2. The van der Waals surface area contributed by atoms with Crippen LogP contribution in [-0.2, 0) is 10.0 Å². The van der Waals surface area contributed by atoms with Crippen molar-refractivity contribution in [2.24, 2.45) is 0 Å². The predicted octanol–water partition coefficient (Wildman–Crippen LogP) is 2.77. The third kappa shape index (κ3) is 3.96. The van der Waals surface area contributed by atoms with Gasteiger partial charge in [-0.2, -0.15) is 8.70 Å². The van der Waals surface area contributed by atoms with Crippen molar-refractivity contribution in [3.8, 4) is 0 Å². The second kappa shape index (κ2) is 7.41. The Kier molecular flexibility index (Phi) is 5.19. The van der Waals surface area contributed by atoms with Crippen LogP contribution in [0.2, 0.25) is 0 Å². The largest absolute Gasteiger partial charge is 0.322 e. The molecule has 2 aromatic carbocycles. The van der Waals surface area contributed by atoms with Crippen LogP contribution in [0.15, 0.2) is 47.4 Å². The van der Waals surface area contributed by atoms with Gasteiger partial charge in [0.2, 0.25) is 15.8 Å². The number of hydrogen-bond donors (Lipinski definition) is 1. The average Bonchev–Trinajstić information content (AvgIpc) is 3.19. The number of sulfonamides is 1. The molecule has 1 aliphatic rings. The molecule has 3 rings (SSSR count). The molecule has 0 spiro atoms. The lowest BCUT2D eigenvalue weighted by atomic mass is 10.2. The van der Waals surface area contributed by atoms with Gasteiger partial charge in [0.05, 0.1) is 9.82 Å². The monoisotopic (exact) mass is 393 g/mol. The van der Waals surface area contributed by atoms with E-state index in [1.807, 2.05) is 0 Å². The zero-order valence-electron chi connectivity index (χ0n) is 14.1. The molecule has 1 fully saturated rings. The predicted molar refractivity (Wildman–Crippen MR) is 95.4 cm³/mol. The number of carbonyl (C=O) groups is 1. The van der Waals surface area contributed by atoms with E-state index in [1.54, 1.807) is 0 Å². The van der Waals surface area contributed by atoms with E-state index in [2.05, 4.69) is 5.32 Å². The Hall–Kier alpha value is -2.85. The molecule has 0 radical (unpaired) electrons. The molecule has 0 aromatic heterocycles. The number of nitrogens with one attached hydrogen (secondary N) is 1. The number of halogens is 1. The van der Waals surface area contributed by atoms with Crippen molar-refractivity contribution < 1.29 is 22.5 Å². The fraction of sp³-hybridized carbons (Fsp3) is 0.235. The molecule has 10 heteroatoms. The zero-order chi connectivity index (χ0) is 19.6. The molecule has 8 nitrogen and oxygen atoms in total. The molecule has 27 heavy (non-hydrogen) atoms. The molecule has 2 aromatic rings. The van der Waals surface area contributed by atoms with E-state index >= 15 is 0 Å². The fourth-order valence-corrected chi connectivity index (χ4v) is 4.31. The summed E-state index contributed by atoms with van der Waals surface area (Å²) >= 11 is 0. The van der Waals surface area contributed by atoms with Crippen LogP contribution in [0.25, 0.3) is 0 Å². The van der Waals surface area contributed by atoms with Crippen LogP contribution in [0.4, 0.5) is 15.8 Å². The Labute approximate surface area is 154 Å². The van der Waals surface area contributed by atoms with Crippen molar-refractivity contribution in [2.75, 3.05) is 18.4 Å². The number of nitro groups is 1. The minimum absolute atomic E-state index is 0.0573. The number of nitro benzene ring substituents is 1. The van der Waals surface area contributed by atoms with Crippen molar-refractivity contribution >= 4 is 27.3 Å². The first-order valence-corrected chi connectivity index (χ1v) is 9.58. The smallest absolute Gasteiger partial charge is 0.306 e. The van der Waals surface area contributed by atoms with Gasteiger partial charge in [-0.05, 0) is 49.2 Å². The lowest BCUT2D eigenvalue weighted by Crippen LogP contribution is -2.27. The number of benzene rings is 2. The molecule has 1 heterocycles. The van der Waals surface area contributed by atoms with Gasteiger partial charge in [0.1, 0.15) is 0 Å². The van der Waals surface area contributed by atoms with Crippen molar-refractivity contribution in [1.29, 1.82) is 0 Å². The van der Waals surface area contributed by atoms with Gasteiger partial charge < -0.3 is 5.32 Å². The maximum Gasteiger partial charge on any atom is 0.306 e. The highest BCUT2D eigenvalue weighted by Gasteiger charge is 2.27. The molecule has 0 saturated carbocycles. The molecule has 0 atom stereocenters. The molecule has 0 bridgehead atoms. The topological polar surface area (TPSA) is 110 Å². The van der Waals surface area contributed by atoms with E-state index < -0.39 is 32.4 Å². The van der Waals surface area contributed by atoms with E-state index in [9.17, 15) is 27.7 Å². The van der Waals surface area contributed by atoms with E-state index in [0.29, 0.717) is 13.1 Å². The van der Waals surface area contributed by atoms with E-state index in [0.717, 1.165) is 25.0 Å². The highest BCUT2D eigenvalue weighted by Crippen LogP contribution is 2.23. The van der Waals surface area contributed by atoms with Crippen LogP contribution < -0.4 is 5.32 Å². The van der Waals surface area contributed by atoms with Crippen molar-refractivity contribution in [3.05, 3.63) is 64.0 Å². The number of carbonyl (C=O) groups excluding carboxylic acids is 1. The first kappa shape index (κ1) is 18.9. The first-order chi connectivity index (χ1) is 12.8. The molecule has 1 N–H and O–H groups in total. The Balaban J connectivity index is 1.76. The summed E-state index contributed by atoms with van der Waals surface area (Å²) in [5.74, 6) is -1.60. The number of hydrogen-bond acceptors (Lipinski definition) is 5. The summed E-state index contributed by atoms with van der Waals surface area (Å²) in [7, 11) is -3.57. The zero-order valence-corrected chi connectivity index (χ0v) is 14.9. The molecule has 1 amide bonds. The molecule has 0 unspecified atom stereocenters. The minimum atomic E-state index is -3.57. The molecular formula is C17H16FN3O5S. The normalized spacial score (nSPS) is 14.9. The van der Waals surface area contributed by atoms with Gasteiger partial charge >= 0.3 is 5.69 Å². The van der Waals surface area contributed by atoms with E-state index in [4.69, 9.17) is 0 Å². The van der Waals surface area contributed by atoms with Gasteiger partial charge in [0.25, 0.3) is 5.91 Å². The molecule has 142 valence electrons. The molecule has 1 saturated heterocycles. The van der Waals surface area contributed by atoms with Crippen LogP contribution in [0.5, 0.6) is 0 Å². The van der Waals surface area contributed by atoms with Gasteiger partial charge in [-0.3, -0.25) is 14.9 Å². The van der Waals surface area contributed by atoms with Crippen LogP contribution >= 0.6 is 0 Å². The fourth-order valence-electron chi connectivity index (χ4n) is 2.79. The Morgan fingerprint density at radius 1 is 1.11 bits per heavy atom. The Bertz CT molecular complexity index is 986. The van der Waals surface area contributed by atoms with Crippen molar-refractivity contribution in [3.63, 3.8) is 0 Å². The summed E-state index contributed by atoms with van der Waals surface area (Å²) in [6, 6.07) is 8.41. The second-order valence-electron chi connectivity index (χ2n) is 6.01. The lowest BCUT2D eigenvalue weighted by Gasteiger charge is -2.15. The van der Waals surface area contributed by atoms with Crippen LogP contribution in [-0.4, -0.2) is 36.6 Å². The van der Waals surface area contributed by atoms with Crippen molar-refractivity contribution in [1.82, 2.24) is 4.31 Å². The van der Waals surface area contributed by atoms with E-state index in [1.165, 1.54) is 34.6 Å². The number of amides is 1. The molecule has 0 aliphatic carbocycles. The Morgan fingerprint density at radius 3 is 2.33 bits per heavy atom. The quantitative estimate of drug-likeness (QED) is 0.620. The maximum absolute atomic E-state index is 13.3. The maximum atomic E-state index is 13.3. The summed E-state index contributed by atoms with van der Waals surface area (Å²) in [5.41, 5.74) is -0.524. The standard InChI is InChI=1S/C17H16FN3O5S/c18-15-8-5-13(11-16(15)21(23)24)19-17(22)12-3-6-14(7-4-12)27(25,26)20-9-1-2-10-20/h3-8,11H,1-2,9-10H2,(H,19,22). The van der Waals surface area contributed by atoms with Gasteiger partial charge in [-0.15, -0.1) is 0 Å². The van der Waals surface area contributed by atoms with Gasteiger partial charge in [-0.25, -0.2) is 8.42 Å². The van der Waals surface area contributed by atoms with E-state index in [-0.39, 0.29) is 16.1 Å². The summed E-state index contributed by atoms with van der Waals surface area (Å²) in [6.07, 6.45) is 1.65. The number of nitrogens with zero attached hydrogens (tertiary/aromatic N) is 2. The van der Waals surface area contributed by atoms with Crippen LogP contribution in [0.1, 0.15) is 23.2 Å². The first-order valence-electron chi connectivity index (χ1n) is 8.14. The summed E-state index contributed by atoms with van der Waals surface area (Å²) in [5, 5.41) is 13.2. The van der Waals surface area contributed by atoms with Crippen molar-refractivity contribution in [2.45, 2.75) is 17.7 Å². The summed E-state index contributed by atoms with van der Waals surface area (Å²) < 4.78 is 39.7. The third-order valence-corrected chi connectivity index (χ3v) is 6.13. The second-order valence-corrected chi connectivity index (χ2v) is 7.95. The average molecular weight is 393 g/mol. The number of anilines is 1.